The minimum atomic E-state index is -0.206. The molecule has 1 saturated heterocycles. The van der Waals surface area contributed by atoms with E-state index in [9.17, 15) is 9.59 Å². The van der Waals surface area contributed by atoms with Crippen LogP contribution in [0.2, 0.25) is 0 Å². The SMILES string of the molecule is Cl.Cl.NCc1cc(C(=O)NCCCC(=O)N2CCN(c3ccccc3)CC2)co1. The summed E-state index contributed by atoms with van der Waals surface area (Å²) in [6.45, 7) is 3.87. The number of nitrogens with zero attached hydrogens (tertiary/aromatic N) is 2. The molecule has 0 unspecified atom stereocenters. The first-order valence-electron chi connectivity index (χ1n) is 9.31. The maximum absolute atomic E-state index is 12.4. The number of amides is 2. The Balaban J connectivity index is 0.00000210. The number of carbonyl (C=O) groups is 2. The van der Waals surface area contributed by atoms with Gasteiger partial charge in [-0.2, -0.15) is 0 Å². The Kier molecular flexibility index (Phi) is 10.6. The van der Waals surface area contributed by atoms with Crippen molar-refractivity contribution in [1.29, 1.82) is 0 Å². The predicted molar refractivity (Wildman–Crippen MR) is 118 cm³/mol. The van der Waals surface area contributed by atoms with Gasteiger partial charge in [-0.3, -0.25) is 9.59 Å². The molecule has 0 spiro atoms. The minimum absolute atomic E-state index is 0. The number of carbonyl (C=O) groups excluding carboxylic acids is 2. The molecular weight excluding hydrogens is 415 g/mol. The highest BCUT2D eigenvalue weighted by Crippen LogP contribution is 2.16. The van der Waals surface area contributed by atoms with Crippen molar-refractivity contribution in [3.63, 3.8) is 0 Å². The third-order valence-electron chi connectivity index (χ3n) is 4.72. The number of para-hydroxylation sites is 1. The minimum Gasteiger partial charge on any atom is -0.467 e. The number of furan rings is 1. The van der Waals surface area contributed by atoms with E-state index in [4.69, 9.17) is 10.2 Å². The summed E-state index contributed by atoms with van der Waals surface area (Å²) in [6.07, 6.45) is 2.45. The fraction of sp³-hybridized carbons (Fsp3) is 0.400. The van der Waals surface area contributed by atoms with Crippen molar-refractivity contribution in [2.24, 2.45) is 5.73 Å². The van der Waals surface area contributed by atoms with E-state index in [0.717, 1.165) is 26.2 Å². The number of rotatable bonds is 7. The first kappa shape index (κ1) is 24.8. The van der Waals surface area contributed by atoms with E-state index >= 15 is 0 Å². The number of piperazine rings is 1. The summed E-state index contributed by atoms with van der Waals surface area (Å²) in [5.41, 5.74) is 7.12. The quantitative estimate of drug-likeness (QED) is 0.642. The summed E-state index contributed by atoms with van der Waals surface area (Å²) in [5.74, 6) is 0.512. The van der Waals surface area contributed by atoms with E-state index in [-0.39, 0.29) is 43.2 Å². The van der Waals surface area contributed by atoms with E-state index < -0.39 is 0 Å². The standard InChI is InChI=1S/C20H26N4O3.2ClH/c21-14-18-13-16(15-27-18)20(26)22-8-4-7-19(25)24-11-9-23(10-12-24)17-5-2-1-3-6-17;;/h1-3,5-6,13,15H,4,7-12,14,21H2,(H,22,26);2*1H. The van der Waals surface area contributed by atoms with E-state index in [1.54, 1.807) is 6.07 Å². The van der Waals surface area contributed by atoms with Crippen LogP contribution in [-0.4, -0.2) is 49.4 Å². The van der Waals surface area contributed by atoms with E-state index in [2.05, 4.69) is 22.3 Å². The summed E-state index contributed by atoms with van der Waals surface area (Å²) >= 11 is 0. The molecule has 2 amide bonds. The van der Waals surface area contributed by atoms with Crippen molar-refractivity contribution >= 4 is 42.3 Å². The highest BCUT2D eigenvalue weighted by molar-refractivity contribution is 5.94. The van der Waals surface area contributed by atoms with Crippen LogP contribution in [0, 0.1) is 0 Å². The van der Waals surface area contributed by atoms with E-state index in [1.807, 2.05) is 23.1 Å². The first-order chi connectivity index (χ1) is 13.2. The van der Waals surface area contributed by atoms with Gasteiger partial charge in [0.2, 0.25) is 5.91 Å². The maximum atomic E-state index is 12.4. The van der Waals surface area contributed by atoms with E-state index in [1.165, 1.54) is 12.0 Å². The van der Waals surface area contributed by atoms with Crippen molar-refractivity contribution in [2.75, 3.05) is 37.6 Å². The Morgan fingerprint density at radius 3 is 2.38 bits per heavy atom. The molecule has 0 bridgehead atoms. The normalized spacial score (nSPS) is 13.3. The van der Waals surface area contributed by atoms with Gasteiger partial charge in [0.25, 0.3) is 5.91 Å². The van der Waals surface area contributed by atoms with Crippen LogP contribution < -0.4 is 16.0 Å². The van der Waals surface area contributed by atoms with E-state index in [0.29, 0.717) is 30.7 Å². The van der Waals surface area contributed by atoms with Crippen molar-refractivity contribution in [3.05, 3.63) is 54.0 Å². The molecule has 0 radical (unpaired) electrons. The number of hydrogen-bond acceptors (Lipinski definition) is 5. The third-order valence-corrected chi connectivity index (χ3v) is 4.72. The second kappa shape index (κ2) is 12.4. The second-order valence-corrected chi connectivity index (χ2v) is 6.57. The first-order valence-corrected chi connectivity index (χ1v) is 9.31. The van der Waals surface area contributed by atoms with Crippen LogP contribution in [0.4, 0.5) is 5.69 Å². The van der Waals surface area contributed by atoms with Crippen LogP contribution in [0.5, 0.6) is 0 Å². The van der Waals surface area contributed by atoms with Gasteiger partial charge in [-0.25, -0.2) is 0 Å². The van der Waals surface area contributed by atoms with Gasteiger partial charge in [0.1, 0.15) is 12.0 Å². The lowest BCUT2D eigenvalue weighted by Gasteiger charge is -2.36. The summed E-state index contributed by atoms with van der Waals surface area (Å²) in [6, 6.07) is 11.9. The van der Waals surface area contributed by atoms with Crippen LogP contribution in [-0.2, 0) is 11.3 Å². The zero-order valence-corrected chi connectivity index (χ0v) is 17.8. The predicted octanol–water partition coefficient (Wildman–Crippen LogP) is 2.44. The van der Waals surface area contributed by atoms with Crippen LogP contribution in [0.25, 0.3) is 0 Å². The van der Waals surface area contributed by atoms with Gasteiger partial charge in [0.15, 0.2) is 0 Å². The lowest BCUT2D eigenvalue weighted by molar-refractivity contribution is -0.131. The number of nitrogens with two attached hydrogens (primary N) is 1. The van der Waals surface area contributed by atoms with Gasteiger partial charge in [-0.05, 0) is 24.6 Å². The van der Waals surface area contributed by atoms with Gasteiger partial charge < -0.3 is 25.3 Å². The molecule has 29 heavy (non-hydrogen) atoms. The third kappa shape index (κ3) is 6.96. The fourth-order valence-electron chi connectivity index (χ4n) is 3.16. The Bertz CT molecular complexity index is 762. The topological polar surface area (TPSA) is 91.8 Å². The molecule has 2 aromatic rings. The molecule has 9 heteroatoms. The Labute approximate surface area is 183 Å². The average molecular weight is 443 g/mol. The van der Waals surface area contributed by atoms with Gasteiger partial charge in [0.05, 0.1) is 12.1 Å². The fourth-order valence-corrected chi connectivity index (χ4v) is 3.16. The average Bonchev–Trinajstić information content (AvgIpc) is 3.21. The Morgan fingerprint density at radius 1 is 1.07 bits per heavy atom. The van der Waals surface area contributed by atoms with Gasteiger partial charge in [0, 0.05) is 44.8 Å². The summed E-state index contributed by atoms with van der Waals surface area (Å²) in [4.78, 5) is 28.5. The molecule has 1 aromatic heterocycles. The van der Waals surface area contributed by atoms with Gasteiger partial charge in [-0.1, -0.05) is 18.2 Å². The molecule has 160 valence electrons. The van der Waals surface area contributed by atoms with Crippen molar-refractivity contribution in [2.45, 2.75) is 19.4 Å². The molecule has 2 heterocycles. The number of nitrogens with one attached hydrogen (secondary N) is 1. The highest BCUT2D eigenvalue weighted by Gasteiger charge is 2.20. The molecule has 1 aliphatic heterocycles. The molecule has 1 aliphatic rings. The Morgan fingerprint density at radius 2 is 1.76 bits per heavy atom. The molecule has 3 rings (SSSR count). The van der Waals surface area contributed by atoms with Crippen LogP contribution >= 0.6 is 24.8 Å². The smallest absolute Gasteiger partial charge is 0.254 e. The molecule has 3 N–H and O–H groups in total. The summed E-state index contributed by atoms with van der Waals surface area (Å²) in [7, 11) is 0. The molecular formula is C20H28Cl2N4O3. The molecule has 0 saturated carbocycles. The molecule has 1 aromatic carbocycles. The number of benzene rings is 1. The van der Waals surface area contributed by atoms with Crippen LogP contribution in [0.3, 0.4) is 0 Å². The van der Waals surface area contributed by atoms with Gasteiger partial charge in [-0.15, -0.1) is 24.8 Å². The monoisotopic (exact) mass is 442 g/mol. The van der Waals surface area contributed by atoms with Crippen LogP contribution in [0.15, 0.2) is 47.1 Å². The zero-order chi connectivity index (χ0) is 19.1. The summed E-state index contributed by atoms with van der Waals surface area (Å²) in [5, 5.41) is 2.80. The van der Waals surface area contributed by atoms with Crippen molar-refractivity contribution in [1.82, 2.24) is 10.2 Å². The lowest BCUT2D eigenvalue weighted by Crippen LogP contribution is -2.48. The number of halogens is 2. The molecule has 0 aliphatic carbocycles. The molecule has 7 nitrogen and oxygen atoms in total. The number of anilines is 1. The Hall–Kier alpha value is -2.22. The van der Waals surface area contributed by atoms with Crippen molar-refractivity contribution in [3.8, 4) is 0 Å². The largest absolute Gasteiger partial charge is 0.467 e. The van der Waals surface area contributed by atoms with Crippen LogP contribution in [0.1, 0.15) is 29.0 Å². The van der Waals surface area contributed by atoms with Crippen molar-refractivity contribution < 1.29 is 14.0 Å². The molecule has 0 atom stereocenters. The maximum Gasteiger partial charge on any atom is 0.254 e. The second-order valence-electron chi connectivity index (χ2n) is 6.57. The highest BCUT2D eigenvalue weighted by atomic mass is 35.5. The summed E-state index contributed by atoms with van der Waals surface area (Å²) < 4.78 is 5.15. The number of hydrogen-bond donors (Lipinski definition) is 2. The lowest BCUT2D eigenvalue weighted by atomic mass is 10.2. The van der Waals surface area contributed by atoms with Gasteiger partial charge >= 0.3 is 0 Å². The molecule has 1 fully saturated rings. The zero-order valence-electron chi connectivity index (χ0n) is 16.2.